The standard InChI is InChI=1S/C13H26N2O/c1-9(2)12(14)13(16)15-8-11-6-4-5-10(3)7-11/h9-12H,4-8,14H2,1-3H3,(H,15,16)/t10?,11?,12-/m0/s1. The average molecular weight is 226 g/mol. The van der Waals surface area contributed by atoms with Gasteiger partial charge in [0.15, 0.2) is 0 Å². The minimum atomic E-state index is -0.360. The van der Waals surface area contributed by atoms with E-state index in [1.54, 1.807) is 0 Å². The minimum absolute atomic E-state index is 0.00762. The van der Waals surface area contributed by atoms with Crippen LogP contribution in [0, 0.1) is 17.8 Å². The molecule has 1 saturated carbocycles. The zero-order chi connectivity index (χ0) is 12.1. The highest BCUT2D eigenvalue weighted by Crippen LogP contribution is 2.27. The van der Waals surface area contributed by atoms with Crippen molar-refractivity contribution in [2.45, 2.75) is 52.5 Å². The van der Waals surface area contributed by atoms with Gasteiger partial charge in [-0.3, -0.25) is 4.79 Å². The lowest BCUT2D eigenvalue weighted by Gasteiger charge is -2.27. The van der Waals surface area contributed by atoms with E-state index in [-0.39, 0.29) is 17.9 Å². The van der Waals surface area contributed by atoms with Crippen molar-refractivity contribution in [3.8, 4) is 0 Å². The summed E-state index contributed by atoms with van der Waals surface area (Å²) in [6, 6.07) is -0.360. The Bertz CT molecular complexity index is 228. The molecule has 1 aliphatic carbocycles. The topological polar surface area (TPSA) is 55.1 Å². The fraction of sp³-hybridized carbons (Fsp3) is 0.923. The normalized spacial score (nSPS) is 27.8. The Hall–Kier alpha value is -0.570. The lowest BCUT2D eigenvalue weighted by atomic mass is 9.82. The molecule has 0 heterocycles. The maximum absolute atomic E-state index is 11.7. The van der Waals surface area contributed by atoms with Crippen LogP contribution in [0.25, 0.3) is 0 Å². The average Bonchev–Trinajstić information content (AvgIpc) is 2.24. The Kier molecular flexibility index (Phi) is 5.26. The molecule has 3 nitrogen and oxygen atoms in total. The van der Waals surface area contributed by atoms with Gasteiger partial charge in [-0.1, -0.05) is 33.6 Å². The molecule has 3 atom stereocenters. The first kappa shape index (κ1) is 13.5. The molecule has 1 rings (SSSR count). The van der Waals surface area contributed by atoms with Crippen LogP contribution in [0.3, 0.4) is 0 Å². The third kappa shape index (κ3) is 4.12. The number of hydrogen-bond donors (Lipinski definition) is 2. The summed E-state index contributed by atoms with van der Waals surface area (Å²) < 4.78 is 0. The van der Waals surface area contributed by atoms with Crippen molar-refractivity contribution in [3.63, 3.8) is 0 Å². The highest BCUT2D eigenvalue weighted by atomic mass is 16.2. The third-order valence-corrected chi connectivity index (χ3v) is 3.63. The second-order valence-electron chi connectivity index (χ2n) is 5.65. The molecule has 0 aromatic heterocycles. The van der Waals surface area contributed by atoms with Gasteiger partial charge in [0.25, 0.3) is 0 Å². The van der Waals surface area contributed by atoms with Crippen molar-refractivity contribution < 1.29 is 4.79 Å². The molecule has 0 aromatic carbocycles. The van der Waals surface area contributed by atoms with Crippen LogP contribution in [-0.4, -0.2) is 18.5 Å². The number of carbonyl (C=O) groups excluding carboxylic acids is 1. The quantitative estimate of drug-likeness (QED) is 0.769. The highest BCUT2D eigenvalue weighted by molar-refractivity contribution is 5.81. The summed E-state index contributed by atoms with van der Waals surface area (Å²) in [6.07, 6.45) is 5.15. The van der Waals surface area contributed by atoms with Crippen LogP contribution in [0.4, 0.5) is 0 Å². The first-order valence-electron chi connectivity index (χ1n) is 6.54. The lowest BCUT2D eigenvalue weighted by molar-refractivity contribution is -0.123. The van der Waals surface area contributed by atoms with Gasteiger partial charge >= 0.3 is 0 Å². The smallest absolute Gasteiger partial charge is 0.237 e. The fourth-order valence-electron chi connectivity index (χ4n) is 2.41. The van der Waals surface area contributed by atoms with Gasteiger partial charge in [0.2, 0.25) is 5.91 Å². The summed E-state index contributed by atoms with van der Waals surface area (Å²) in [7, 11) is 0. The Balaban J connectivity index is 2.25. The number of carbonyl (C=O) groups is 1. The Labute approximate surface area is 99.2 Å². The number of hydrogen-bond acceptors (Lipinski definition) is 2. The number of nitrogens with two attached hydrogens (primary N) is 1. The molecule has 3 N–H and O–H groups in total. The molecule has 0 radical (unpaired) electrons. The summed E-state index contributed by atoms with van der Waals surface area (Å²) in [4.78, 5) is 11.7. The second kappa shape index (κ2) is 6.24. The molecule has 1 amide bonds. The van der Waals surface area contributed by atoms with E-state index < -0.39 is 0 Å². The van der Waals surface area contributed by atoms with E-state index in [1.165, 1.54) is 25.7 Å². The van der Waals surface area contributed by atoms with Crippen LogP contribution in [-0.2, 0) is 4.79 Å². The van der Waals surface area contributed by atoms with Gasteiger partial charge in [0.05, 0.1) is 6.04 Å². The SMILES string of the molecule is CC1CCCC(CNC(=O)[C@@H](N)C(C)C)C1. The Morgan fingerprint density at radius 2 is 2.12 bits per heavy atom. The summed E-state index contributed by atoms with van der Waals surface area (Å²) >= 11 is 0. The predicted molar refractivity (Wildman–Crippen MR) is 66.9 cm³/mol. The molecule has 0 bridgehead atoms. The van der Waals surface area contributed by atoms with E-state index in [0.29, 0.717) is 5.92 Å². The van der Waals surface area contributed by atoms with E-state index in [9.17, 15) is 4.79 Å². The molecule has 0 saturated heterocycles. The van der Waals surface area contributed by atoms with E-state index in [0.717, 1.165) is 12.5 Å². The molecule has 1 aliphatic rings. The summed E-state index contributed by atoms with van der Waals surface area (Å²) in [5.74, 6) is 1.69. The summed E-state index contributed by atoms with van der Waals surface area (Å²) in [6.45, 7) is 7.07. The van der Waals surface area contributed by atoms with Gasteiger partial charge in [-0.2, -0.15) is 0 Å². The molecule has 0 spiro atoms. The number of amides is 1. The lowest BCUT2D eigenvalue weighted by Crippen LogP contribution is -2.45. The van der Waals surface area contributed by atoms with Crippen molar-refractivity contribution in [2.24, 2.45) is 23.5 Å². The molecular weight excluding hydrogens is 200 g/mol. The number of nitrogens with one attached hydrogen (secondary N) is 1. The fourth-order valence-corrected chi connectivity index (χ4v) is 2.41. The van der Waals surface area contributed by atoms with Gasteiger partial charge < -0.3 is 11.1 Å². The Morgan fingerprint density at radius 1 is 1.44 bits per heavy atom. The van der Waals surface area contributed by atoms with Gasteiger partial charge in [-0.05, 0) is 30.6 Å². The van der Waals surface area contributed by atoms with Crippen LogP contribution in [0.2, 0.25) is 0 Å². The maximum Gasteiger partial charge on any atom is 0.237 e. The summed E-state index contributed by atoms with van der Waals surface area (Å²) in [5, 5.41) is 2.99. The van der Waals surface area contributed by atoms with Crippen molar-refractivity contribution in [1.82, 2.24) is 5.32 Å². The van der Waals surface area contributed by atoms with Crippen LogP contribution < -0.4 is 11.1 Å². The maximum atomic E-state index is 11.7. The van der Waals surface area contributed by atoms with Crippen LogP contribution in [0.1, 0.15) is 46.5 Å². The molecule has 3 heteroatoms. The van der Waals surface area contributed by atoms with Gasteiger partial charge in [0, 0.05) is 6.54 Å². The van der Waals surface area contributed by atoms with Crippen molar-refractivity contribution in [3.05, 3.63) is 0 Å². The van der Waals surface area contributed by atoms with Gasteiger partial charge in [-0.25, -0.2) is 0 Å². The Morgan fingerprint density at radius 3 is 2.69 bits per heavy atom. The van der Waals surface area contributed by atoms with E-state index >= 15 is 0 Å². The second-order valence-corrected chi connectivity index (χ2v) is 5.65. The van der Waals surface area contributed by atoms with Crippen molar-refractivity contribution in [1.29, 1.82) is 0 Å². The minimum Gasteiger partial charge on any atom is -0.354 e. The van der Waals surface area contributed by atoms with Crippen molar-refractivity contribution >= 4 is 5.91 Å². The van der Waals surface area contributed by atoms with Crippen LogP contribution >= 0.6 is 0 Å². The molecule has 2 unspecified atom stereocenters. The van der Waals surface area contributed by atoms with E-state index in [1.807, 2.05) is 13.8 Å². The predicted octanol–water partition coefficient (Wildman–Crippen LogP) is 1.91. The molecule has 0 aromatic rings. The zero-order valence-electron chi connectivity index (χ0n) is 10.8. The largest absolute Gasteiger partial charge is 0.354 e. The third-order valence-electron chi connectivity index (χ3n) is 3.63. The van der Waals surface area contributed by atoms with E-state index in [4.69, 9.17) is 5.73 Å². The first-order chi connectivity index (χ1) is 7.50. The molecule has 94 valence electrons. The van der Waals surface area contributed by atoms with Gasteiger partial charge in [-0.15, -0.1) is 0 Å². The first-order valence-corrected chi connectivity index (χ1v) is 6.54. The van der Waals surface area contributed by atoms with Gasteiger partial charge in [0.1, 0.15) is 0 Å². The van der Waals surface area contributed by atoms with Crippen LogP contribution in [0.15, 0.2) is 0 Å². The molecule has 16 heavy (non-hydrogen) atoms. The van der Waals surface area contributed by atoms with E-state index in [2.05, 4.69) is 12.2 Å². The molecule has 0 aliphatic heterocycles. The number of rotatable bonds is 4. The van der Waals surface area contributed by atoms with Crippen molar-refractivity contribution in [2.75, 3.05) is 6.54 Å². The molecular formula is C13H26N2O. The van der Waals surface area contributed by atoms with Crippen LogP contribution in [0.5, 0.6) is 0 Å². The molecule has 1 fully saturated rings. The summed E-state index contributed by atoms with van der Waals surface area (Å²) in [5.41, 5.74) is 5.79. The monoisotopic (exact) mass is 226 g/mol. The highest BCUT2D eigenvalue weighted by Gasteiger charge is 2.21. The zero-order valence-corrected chi connectivity index (χ0v) is 10.8.